The van der Waals surface area contributed by atoms with Gasteiger partial charge in [-0.15, -0.1) is 0 Å². The summed E-state index contributed by atoms with van der Waals surface area (Å²) in [7, 11) is 0. The van der Waals surface area contributed by atoms with E-state index in [-0.39, 0.29) is 5.56 Å². The maximum absolute atomic E-state index is 11.9. The summed E-state index contributed by atoms with van der Waals surface area (Å²) in [6.07, 6.45) is 1.56. The van der Waals surface area contributed by atoms with Crippen molar-refractivity contribution in [2.24, 2.45) is 0 Å². The first-order valence-electron chi connectivity index (χ1n) is 6.19. The van der Waals surface area contributed by atoms with Crippen LogP contribution in [0.15, 0.2) is 57.9 Å². The molecule has 0 atom stereocenters. The van der Waals surface area contributed by atoms with Crippen LogP contribution in [-0.2, 0) is 6.54 Å². The van der Waals surface area contributed by atoms with Gasteiger partial charge >= 0.3 is 0 Å². The predicted octanol–water partition coefficient (Wildman–Crippen LogP) is 3.86. The van der Waals surface area contributed by atoms with Gasteiger partial charge in [0.15, 0.2) is 5.76 Å². The standard InChI is InChI=1S/C15H10Cl2N2O2/c16-11-4-3-10(8-12(11)17)9-19-15(20)6-5-13(18-19)14-2-1-7-21-14/h1-8H,9H2. The Morgan fingerprint density at radius 2 is 1.95 bits per heavy atom. The Bertz CT molecular complexity index is 826. The molecule has 0 saturated heterocycles. The van der Waals surface area contributed by atoms with Crippen LogP contribution in [0.1, 0.15) is 5.56 Å². The molecule has 0 unspecified atom stereocenters. The summed E-state index contributed by atoms with van der Waals surface area (Å²) in [6, 6.07) is 11.9. The summed E-state index contributed by atoms with van der Waals surface area (Å²) in [6.45, 7) is 0.310. The van der Waals surface area contributed by atoms with Gasteiger partial charge in [0.2, 0.25) is 0 Å². The average molecular weight is 321 g/mol. The monoisotopic (exact) mass is 320 g/mol. The number of benzene rings is 1. The molecule has 0 aliphatic carbocycles. The Morgan fingerprint density at radius 1 is 1.10 bits per heavy atom. The van der Waals surface area contributed by atoms with Gasteiger partial charge in [-0.2, -0.15) is 5.10 Å². The lowest BCUT2D eigenvalue weighted by atomic mass is 10.2. The van der Waals surface area contributed by atoms with Crippen LogP contribution in [0.2, 0.25) is 10.0 Å². The summed E-state index contributed by atoms with van der Waals surface area (Å²) >= 11 is 11.9. The first-order valence-corrected chi connectivity index (χ1v) is 6.95. The summed E-state index contributed by atoms with van der Waals surface area (Å²) in [4.78, 5) is 11.9. The van der Waals surface area contributed by atoms with Gasteiger partial charge in [-0.25, -0.2) is 4.68 Å². The molecule has 0 aliphatic heterocycles. The van der Waals surface area contributed by atoms with Crippen molar-refractivity contribution in [2.45, 2.75) is 6.54 Å². The summed E-state index contributed by atoms with van der Waals surface area (Å²) in [5, 5.41) is 5.22. The highest BCUT2D eigenvalue weighted by Gasteiger charge is 2.07. The maximum atomic E-state index is 11.9. The minimum Gasteiger partial charge on any atom is -0.463 e. The van der Waals surface area contributed by atoms with E-state index in [1.165, 1.54) is 10.7 Å². The summed E-state index contributed by atoms with van der Waals surface area (Å²) < 4.78 is 6.64. The fraction of sp³-hybridized carbons (Fsp3) is 0.0667. The molecule has 0 spiro atoms. The molecule has 3 aromatic rings. The average Bonchev–Trinajstić information content (AvgIpc) is 2.99. The molecule has 3 rings (SSSR count). The number of nitrogens with zero attached hydrogens (tertiary/aromatic N) is 2. The largest absolute Gasteiger partial charge is 0.463 e. The second kappa shape index (κ2) is 5.76. The minimum absolute atomic E-state index is 0.198. The molecule has 0 radical (unpaired) electrons. The molecule has 2 heterocycles. The van der Waals surface area contributed by atoms with Crippen LogP contribution in [0, 0.1) is 0 Å². The van der Waals surface area contributed by atoms with E-state index in [0.29, 0.717) is 28.0 Å². The third-order valence-corrected chi connectivity index (χ3v) is 3.70. The molecular formula is C15H10Cl2N2O2. The van der Waals surface area contributed by atoms with Gasteiger partial charge in [-0.05, 0) is 35.9 Å². The lowest BCUT2D eigenvalue weighted by molar-refractivity contribution is 0.569. The zero-order valence-electron chi connectivity index (χ0n) is 10.8. The summed E-state index contributed by atoms with van der Waals surface area (Å²) in [5.74, 6) is 0.609. The van der Waals surface area contributed by atoms with Crippen LogP contribution in [0.25, 0.3) is 11.5 Å². The lowest BCUT2D eigenvalue weighted by Gasteiger charge is -2.07. The Hall–Kier alpha value is -2.04. The van der Waals surface area contributed by atoms with E-state index in [2.05, 4.69) is 5.10 Å². The zero-order valence-corrected chi connectivity index (χ0v) is 12.3. The Kier molecular flexibility index (Phi) is 3.82. The van der Waals surface area contributed by atoms with Crippen molar-refractivity contribution in [3.8, 4) is 11.5 Å². The number of aromatic nitrogens is 2. The highest BCUT2D eigenvalue weighted by Crippen LogP contribution is 2.23. The number of hydrogen-bond acceptors (Lipinski definition) is 3. The number of rotatable bonds is 3. The van der Waals surface area contributed by atoms with E-state index in [0.717, 1.165) is 5.56 Å². The van der Waals surface area contributed by atoms with Gasteiger partial charge in [-0.3, -0.25) is 4.79 Å². The minimum atomic E-state index is -0.198. The predicted molar refractivity (Wildman–Crippen MR) is 81.8 cm³/mol. The third kappa shape index (κ3) is 3.01. The molecule has 0 fully saturated rings. The van der Waals surface area contributed by atoms with Crippen molar-refractivity contribution < 1.29 is 4.42 Å². The van der Waals surface area contributed by atoms with Gasteiger partial charge in [0.25, 0.3) is 5.56 Å². The van der Waals surface area contributed by atoms with Crippen LogP contribution >= 0.6 is 23.2 Å². The lowest BCUT2D eigenvalue weighted by Crippen LogP contribution is -2.22. The molecule has 1 aromatic carbocycles. The quantitative estimate of drug-likeness (QED) is 0.736. The van der Waals surface area contributed by atoms with Crippen molar-refractivity contribution in [2.75, 3.05) is 0 Å². The van der Waals surface area contributed by atoms with E-state index in [9.17, 15) is 4.79 Å². The third-order valence-electron chi connectivity index (χ3n) is 2.96. The van der Waals surface area contributed by atoms with Gasteiger partial charge < -0.3 is 4.42 Å². The number of hydrogen-bond donors (Lipinski definition) is 0. The van der Waals surface area contributed by atoms with Crippen molar-refractivity contribution >= 4 is 23.2 Å². The highest BCUT2D eigenvalue weighted by atomic mass is 35.5. The van der Waals surface area contributed by atoms with E-state index in [1.54, 1.807) is 36.6 Å². The molecule has 0 amide bonds. The van der Waals surface area contributed by atoms with Crippen LogP contribution < -0.4 is 5.56 Å². The maximum Gasteiger partial charge on any atom is 0.267 e. The molecule has 0 N–H and O–H groups in total. The van der Waals surface area contributed by atoms with Crippen molar-refractivity contribution in [1.82, 2.24) is 9.78 Å². The fourth-order valence-electron chi connectivity index (χ4n) is 1.93. The second-order valence-electron chi connectivity index (χ2n) is 4.44. The molecule has 2 aromatic heterocycles. The Balaban J connectivity index is 1.96. The molecule has 0 aliphatic rings. The van der Waals surface area contributed by atoms with Crippen LogP contribution in [-0.4, -0.2) is 9.78 Å². The SMILES string of the molecule is O=c1ccc(-c2ccco2)nn1Cc1ccc(Cl)c(Cl)c1. The molecule has 0 saturated carbocycles. The molecule has 4 nitrogen and oxygen atoms in total. The Labute approximate surface area is 130 Å². The molecule has 0 bridgehead atoms. The van der Waals surface area contributed by atoms with E-state index in [4.69, 9.17) is 27.6 Å². The van der Waals surface area contributed by atoms with Crippen LogP contribution in [0.4, 0.5) is 0 Å². The van der Waals surface area contributed by atoms with Crippen LogP contribution in [0.5, 0.6) is 0 Å². The molecular weight excluding hydrogens is 311 g/mol. The van der Waals surface area contributed by atoms with Crippen molar-refractivity contribution in [3.05, 3.63) is 74.7 Å². The number of furan rings is 1. The molecule has 106 valence electrons. The first kappa shape index (κ1) is 13.9. The van der Waals surface area contributed by atoms with Gasteiger partial charge in [0, 0.05) is 6.07 Å². The highest BCUT2D eigenvalue weighted by molar-refractivity contribution is 6.42. The van der Waals surface area contributed by atoms with Crippen molar-refractivity contribution in [1.29, 1.82) is 0 Å². The normalized spacial score (nSPS) is 10.8. The van der Waals surface area contributed by atoms with E-state index in [1.807, 2.05) is 6.07 Å². The molecule has 21 heavy (non-hydrogen) atoms. The first-order chi connectivity index (χ1) is 10.1. The van der Waals surface area contributed by atoms with Gasteiger partial charge in [0.1, 0.15) is 5.69 Å². The fourth-order valence-corrected chi connectivity index (χ4v) is 2.25. The topological polar surface area (TPSA) is 48.0 Å². The molecule has 6 heteroatoms. The smallest absolute Gasteiger partial charge is 0.267 e. The van der Waals surface area contributed by atoms with Gasteiger partial charge in [-0.1, -0.05) is 29.3 Å². The van der Waals surface area contributed by atoms with Gasteiger partial charge in [0.05, 0.1) is 22.9 Å². The number of halogens is 2. The summed E-state index contributed by atoms with van der Waals surface area (Å²) in [5.41, 5.74) is 1.24. The van der Waals surface area contributed by atoms with Crippen molar-refractivity contribution in [3.63, 3.8) is 0 Å². The van der Waals surface area contributed by atoms with E-state index >= 15 is 0 Å². The van der Waals surface area contributed by atoms with Crippen LogP contribution in [0.3, 0.4) is 0 Å². The Morgan fingerprint density at radius 3 is 2.67 bits per heavy atom. The van der Waals surface area contributed by atoms with E-state index < -0.39 is 0 Å². The second-order valence-corrected chi connectivity index (χ2v) is 5.25. The zero-order chi connectivity index (χ0) is 14.8.